The van der Waals surface area contributed by atoms with Crippen molar-refractivity contribution in [3.8, 4) is 5.69 Å². The fourth-order valence-electron chi connectivity index (χ4n) is 3.08. The first-order valence-electron chi connectivity index (χ1n) is 9.07. The van der Waals surface area contributed by atoms with Crippen molar-refractivity contribution in [3.05, 3.63) is 70.0 Å². The second-order valence-corrected chi connectivity index (χ2v) is 7.36. The van der Waals surface area contributed by atoms with E-state index >= 15 is 0 Å². The van der Waals surface area contributed by atoms with E-state index in [1.54, 1.807) is 25.2 Å². The second-order valence-electron chi connectivity index (χ2n) is 6.55. The van der Waals surface area contributed by atoms with Crippen molar-refractivity contribution in [3.63, 3.8) is 0 Å². The molecule has 1 N–H and O–H groups in total. The van der Waals surface area contributed by atoms with E-state index in [2.05, 4.69) is 20.1 Å². The quantitative estimate of drug-likeness (QED) is 0.514. The Morgan fingerprint density at radius 1 is 1.10 bits per heavy atom. The fraction of sp³-hybridized carbons (Fsp3) is 0.200. The van der Waals surface area contributed by atoms with Gasteiger partial charge in [0.05, 0.1) is 27.6 Å². The fourth-order valence-corrected chi connectivity index (χ4v) is 3.64. The minimum Gasteiger partial charge on any atom is -0.340 e. The molecule has 29 heavy (non-hydrogen) atoms. The third kappa shape index (κ3) is 3.71. The summed E-state index contributed by atoms with van der Waals surface area (Å²) in [7, 11) is 1.68. The van der Waals surface area contributed by atoms with Crippen LogP contribution in [0.4, 0.5) is 0 Å². The number of carbonyl (C=O) groups excluding carboxylic acids is 1. The van der Waals surface area contributed by atoms with E-state index in [-0.39, 0.29) is 11.7 Å². The van der Waals surface area contributed by atoms with E-state index in [4.69, 9.17) is 23.2 Å². The molecule has 1 amide bonds. The number of fused-ring (bicyclic) bond motifs is 1. The molecule has 0 saturated carbocycles. The highest BCUT2D eigenvalue weighted by Gasteiger charge is 2.22. The van der Waals surface area contributed by atoms with E-state index < -0.39 is 0 Å². The molecule has 7 nitrogen and oxygen atoms in total. The Balaban J connectivity index is 1.62. The Morgan fingerprint density at radius 3 is 2.52 bits per heavy atom. The van der Waals surface area contributed by atoms with E-state index in [9.17, 15) is 4.79 Å². The van der Waals surface area contributed by atoms with Crippen LogP contribution >= 0.6 is 23.2 Å². The van der Waals surface area contributed by atoms with Crippen LogP contribution in [0.25, 0.3) is 16.7 Å². The molecule has 9 heteroatoms. The first-order chi connectivity index (χ1) is 14.0. The minimum absolute atomic E-state index is 0.0800. The predicted octanol–water partition coefficient (Wildman–Crippen LogP) is 4.29. The molecule has 2 heterocycles. The van der Waals surface area contributed by atoms with Crippen molar-refractivity contribution in [1.82, 2.24) is 29.6 Å². The molecule has 148 valence electrons. The summed E-state index contributed by atoms with van der Waals surface area (Å²) in [5.41, 5.74) is 2.29. The zero-order valence-corrected chi connectivity index (χ0v) is 17.4. The molecule has 0 fully saturated rings. The van der Waals surface area contributed by atoms with Gasteiger partial charge in [-0.1, -0.05) is 48.3 Å². The molecular weight excluding hydrogens is 411 g/mol. The lowest BCUT2D eigenvalue weighted by atomic mass is 10.3. The second kappa shape index (κ2) is 7.85. The van der Waals surface area contributed by atoms with Crippen LogP contribution in [0.5, 0.6) is 0 Å². The number of para-hydroxylation sites is 3. The van der Waals surface area contributed by atoms with Crippen LogP contribution in [0.2, 0.25) is 10.0 Å². The third-order valence-corrected chi connectivity index (χ3v) is 5.11. The average molecular weight is 429 g/mol. The van der Waals surface area contributed by atoms with Gasteiger partial charge >= 0.3 is 0 Å². The van der Waals surface area contributed by atoms with Gasteiger partial charge in [0.15, 0.2) is 0 Å². The summed E-state index contributed by atoms with van der Waals surface area (Å²) in [5, 5.41) is 5.27. The number of hydrogen-bond acceptors (Lipinski definition) is 4. The monoisotopic (exact) mass is 428 g/mol. The molecule has 0 spiro atoms. The number of aryl methyl sites for hydroxylation is 1. The van der Waals surface area contributed by atoms with E-state index in [0.29, 0.717) is 40.3 Å². The van der Waals surface area contributed by atoms with Gasteiger partial charge < -0.3 is 9.88 Å². The molecule has 0 saturated heterocycles. The highest BCUT2D eigenvalue weighted by atomic mass is 35.5. The number of amides is 1. The van der Waals surface area contributed by atoms with E-state index in [0.717, 1.165) is 11.0 Å². The van der Waals surface area contributed by atoms with Gasteiger partial charge in [-0.2, -0.15) is 0 Å². The molecule has 0 bridgehead atoms. The Kier molecular flexibility index (Phi) is 5.25. The molecule has 0 aliphatic rings. The van der Waals surface area contributed by atoms with Crippen molar-refractivity contribution in [2.75, 3.05) is 7.05 Å². The first kappa shape index (κ1) is 19.4. The van der Waals surface area contributed by atoms with Crippen LogP contribution in [0, 0.1) is 0 Å². The molecule has 0 aliphatic carbocycles. The lowest BCUT2D eigenvalue weighted by molar-refractivity contribution is 0.0770. The van der Waals surface area contributed by atoms with Gasteiger partial charge in [-0.05, 0) is 24.3 Å². The SMILES string of the molecule is CCc1nc(C(=O)N(C)Cc2nc3ccccc3[nH]2)nn1-c1c(Cl)cccc1Cl. The molecule has 0 aliphatic heterocycles. The van der Waals surface area contributed by atoms with E-state index in [1.165, 1.54) is 9.58 Å². The van der Waals surface area contributed by atoms with E-state index in [1.807, 2.05) is 31.2 Å². The number of imidazole rings is 1. The Morgan fingerprint density at radius 2 is 1.83 bits per heavy atom. The molecule has 2 aromatic heterocycles. The minimum atomic E-state index is -0.318. The summed E-state index contributed by atoms with van der Waals surface area (Å²) in [5.74, 6) is 1.05. The van der Waals surface area contributed by atoms with Crippen molar-refractivity contribution in [1.29, 1.82) is 0 Å². The van der Waals surface area contributed by atoms with Gasteiger partial charge in [0.2, 0.25) is 5.82 Å². The normalized spacial score (nSPS) is 11.2. The van der Waals surface area contributed by atoms with Gasteiger partial charge in [-0.15, -0.1) is 5.10 Å². The molecule has 0 atom stereocenters. The molecule has 0 radical (unpaired) electrons. The van der Waals surface area contributed by atoms with Crippen LogP contribution in [0.1, 0.15) is 29.2 Å². The average Bonchev–Trinajstić information content (AvgIpc) is 3.30. The highest BCUT2D eigenvalue weighted by molar-refractivity contribution is 6.37. The van der Waals surface area contributed by atoms with Crippen LogP contribution in [0.15, 0.2) is 42.5 Å². The summed E-state index contributed by atoms with van der Waals surface area (Å²) in [6.07, 6.45) is 0.565. The summed E-state index contributed by atoms with van der Waals surface area (Å²) in [6, 6.07) is 12.9. The Bertz CT molecular complexity index is 1150. The lowest BCUT2D eigenvalue weighted by Crippen LogP contribution is -2.27. The van der Waals surface area contributed by atoms with Gasteiger partial charge in [0.25, 0.3) is 5.91 Å². The number of rotatable bonds is 5. The lowest BCUT2D eigenvalue weighted by Gasteiger charge is -2.13. The Hall–Kier alpha value is -2.90. The van der Waals surface area contributed by atoms with Gasteiger partial charge in [-0.3, -0.25) is 4.79 Å². The Labute approximate surface area is 177 Å². The summed E-state index contributed by atoms with van der Waals surface area (Å²) in [6.45, 7) is 2.23. The first-order valence-corrected chi connectivity index (χ1v) is 9.83. The molecule has 4 aromatic rings. The highest BCUT2D eigenvalue weighted by Crippen LogP contribution is 2.29. The number of carbonyl (C=O) groups is 1. The van der Waals surface area contributed by atoms with Gasteiger partial charge in [0.1, 0.15) is 17.3 Å². The molecule has 4 rings (SSSR count). The zero-order chi connectivity index (χ0) is 20.5. The maximum atomic E-state index is 12.9. The largest absolute Gasteiger partial charge is 0.340 e. The summed E-state index contributed by atoms with van der Waals surface area (Å²) in [4.78, 5) is 26.6. The van der Waals surface area contributed by atoms with Crippen molar-refractivity contribution in [2.24, 2.45) is 0 Å². The van der Waals surface area contributed by atoms with Crippen molar-refractivity contribution < 1.29 is 4.79 Å². The van der Waals surface area contributed by atoms with Crippen LogP contribution in [0.3, 0.4) is 0 Å². The predicted molar refractivity (Wildman–Crippen MR) is 113 cm³/mol. The number of hydrogen-bond donors (Lipinski definition) is 1. The van der Waals surface area contributed by atoms with Gasteiger partial charge in [0, 0.05) is 13.5 Å². The molecule has 0 unspecified atom stereocenters. The smallest absolute Gasteiger partial charge is 0.293 e. The van der Waals surface area contributed by atoms with Crippen LogP contribution < -0.4 is 0 Å². The summed E-state index contributed by atoms with van der Waals surface area (Å²) >= 11 is 12.6. The number of aromatic amines is 1. The molecule has 2 aromatic carbocycles. The molecular formula is C20H18Cl2N6O. The standard InChI is InChI=1S/C20H18Cl2N6O/c1-3-17-25-19(26-28(17)18-12(21)7-6-8-13(18)22)20(29)27(2)11-16-23-14-9-4-5-10-15(14)24-16/h4-10H,3,11H2,1-2H3,(H,23,24). The van der Waals surface area contributed by atoms with Crippen LogP contribution in [-0.4, -0.2) is 42.6 Å². The summed E-state index contributed by atoms with van der Waals surface area (Å²) < 4.78 is 1.53. The topological polar surface area (TPSA) is 79.7 Å². The van der Waals surface area contributed by atoms with Crippen LogP contribution in [-0.2, 0) is 13.0 Å². The van der Waals surface area contributed by atoms with Gasteiger partial charge in [-0.25, -0.2) is 14.6 Å². The number of aromatic nitrogens is 5. The number of H-pyrrole nitrogens is 1. The zero-order valence-electron chi connectivity index (χ0n) is 15.9. The number of nitrogens with one attached hydrogen (secondary N) is 1. The van der Waals surface area contributed by atoms with Crippen molar-refractivity contribution >= 4 is 40.1 Å². The van der Waals surface area contributed by atoms with Crippen molar-refractivity contribution in [2.45, 2.75) is 19.9 Å². The third-order valence-electron chi connectivity index (χ3n) is 4.50. The maximum absolute atomic E-state index is 12.9. The number of benzene rings is 2. The number of nitrogens with zero attached hydrogens (tertiary/aromatic N) is 5. The maximum Gasteiger partial charge on any atom is 0.293 e. The number of halogens is 2.